The number of hydrogen-bond acceptors (Lipinski definition) is 4. The standard InChI is InChI=1S/C18H21N3O2S/c1-3-22-16-11-10-14(12-17(16)23-4-2)13-19-21-18(24)20-15-8-6-5-7-9-15/h5-13H,3-4H2,1-2H3,(H2,20,21,24). The van der Waals surface area contributed by atoms with E-state index in [0.29, 0.717) is 24.1 Å². The molecule has 0 atom stereocenters. The van der Waals surface area contributed by atoms with Gasteiger partial charge in [-0.1, -0.05) is 18.2 Å². The molecule has 0 saturated heterocycles. The lowest BCUT2D eigenvalue weighted by Crippen LogP contribution is -2.23. The van der Waals surface area contributed by atoms with Gasteiger partial charge in [0.15, 0.2) is 16.6 Å². The summed E-state index contributed by atoms with van der Waals surface area (Å²) in [6.07, 6.45) is 1.68. The number of rotatable bonds is 7. The number of para-hydroxylation sites is 1. The lowest BCUT2D eigenvalue weighted by atomic mass is 10.2. The fourth-order valence-corrected chi connectivity index (χ4v) is 2.16. The van der Waals surface area contributed by atoms with Crippen LogP contribution in [-0.4, -0.2) is 24.5 Å². The van der Waals surface area contributed by atoms with Gasteiger partial charge in [0, 0.05) is 5.69 Å². The molecular weight excluding hydrogens is 322 g/mol. The lowest BCUT2D eigenvalue weighted by molar-refractivity contribution is 0.288. The average Bonchev–Trinajstić information content (AvgIpc) is 2.58. The monoisotopic (exact) mass is 343 g/mol. The van der Waals surface area contributed by atoms with Crippen molar-refractivity contribution < 1.29 is 9.47 Å². The molecule has 0 aliphatic rings. The molecule has 5 nitrogen and oxygen atoms in total. The Morgan fingerprint density at radius 1 is 1.04 bits per heavy atom. The van der Waals surface area contributed by atoms with Gasteiger partial charge in [-0.3, -0.25) is 5.43 Å². The first-order valence-corrected chi connectivity index (χ1v) is 8.18. The number of thiocarbonyl (C=S) groups is 1. The summed E-state index contributed by atoms with van der Waals surface area (Å²) in [5, 5.41) is 7.61. The third-order valence-corrected chi connectivity index (χ3v) is 3.17. The summed E-state index contributed by atoms with van der Waals surface area (Å²) in [4.78, 5) is 0. The highest BCUT2D eigenvalue weighted by molar-refractivity contribution is 7.80. The summed E-state index contributed by atoms with van der Waals surface area (Å²) in [5.41, 5.74) is 4.58. The van der Waals surface area contributed by atoms with Crippen LogP contribution in [0.4, 0.5) is 5.69 Å². The molecule has 0 heterocycles. The van der Waals surface area contributed by atoms with Crippen LogP contribution in [0.3, 0.4) is 0 Å². The molecule has 6 heteroatoms. The molecule has 0 aromatic heterocycles. The molecule has 0 radical (unpaired) electrons. The van der Waals surface area contributed by atoms with E-state index in [0.717, 1.165) is 17.0 Å². The van der Waals surface area contributed by atoms with E-state index in [9.17, 15) is 0 Å². The Bertz CT molecular complexity index is 690. The first-order valence-electron chi connectivity index (χ1n) is 7.77. The van der Waals surface area contributed by atoms with Gasteiger partial charge in [-0.05, 0) is 62.0 Å². The summed E-state index contributed by atoms with van der Waals surface area (Å²) < 4.78 is 11.1. The molecule has 2 N–H and O–H groups in total. The largest absolute Gasteiger partial charge is 0.490 e. The van der Waals surface area contributed by atoms with Crippen molar-refractivity contribution in [3.8, 4) is 11.5 Å². The maximum absolute atomic E-state index is 5.59. The topological polar surface area (TPSA) is 54.9 Å². The Morgan fingerprint density at radius 2 is 1.75 bits per heavy atom. The van der Waals surface area contributed by atoms with Gasteiger partial charge in [-0.15, -0.1) is 0 Å². The maximum atomic E-state index is 5.59. The van der Waals surface area contributed by atoms with E-state index in [1.54, 1.807) is 6.21 Å². The molecule has 0 aliphatic heterocycles. The van der Waals surface area contributed by atoms with Crippen molar-refractivity contribution in [2.75, 3.05) is 18.5 Å². The summed E-state index contributed by atoms with van der Waals surface area (Å²) >= 11 is 5.19. The molecule has 0 bridgehead atoms. The van der Waals surface area contributed by atoms with E-state index in [1.807, 2.05) is 62.4 Å². The molecule has 0 unspecified atom stereocenters. The van der Waals surface area contributed by atoms with E-state index >= 15 is 0 Å². The van der Waals surface area contributed by atoms with Gasteiger partial charge in [0.05, 0.1) is 19.4 Å². The third kappa shape index (κ3) is 5.55. The van der Waals surface area contributed by atoms with Gasteiger partial charge >= 0.3 is 0 Å². The van der Waals surface area contributed by atoms with Crippen molar-refractivity contribution in [1.82, 2.24) is 5.43 Å². The van der Waals surface area contributed by atoms with Crippen LogP contribution in [0, 0.1) is 0 Å². The number of anilines is 1. The summed E-state index contributed by atoms with van der Waals surface area (Å²) in [6.45, 7) is 5.04. The van der Waals surface area contributed by atoms with E-state index < -0.39 is 0 Å². The van der Waals surface area contributed by atoms with Crippen LogP contribution < -0.4 is 20.2 Å². The molecule has 0 saturated carbocycles. The van der Waals surface area contributed by atoms with Gasteiger partial charge < -0.3 is 14.8 Å². The normalized spacial score (nSPS) is 10.4. The summed E-state index contributed by atoms with van der Waals surface area (Å²) in [7, 11) is 0. The second-order valence-corrected chi connectivity index (χ2v) is 5.17. The van der Waals surface area contributed by atoms with Gasteiger partial charge in [-0.25, -0.2) is 0 Å². The van der Waals surface area contributed by atoms with E-state index in [4.69, 9.17) is 21.7 Å². The SMILES string of the molecule is CCOc1ccc(C=NNC(=S)Nc2ccccc2)cc1OCC. The van der Waals surface area contributed by atoms with E-state index in [-0.39, 0.29) is 0 Å². The Morgan fingerprint density at radius 3 is 2.46 bits per heavy atom. The van der Waals surface area contributed by atoms with Crippen LogP contribution in [0.25, 0.3) is 0 Å². The number of ether oxygens (including phenoxy) is 2. The number of nitrogens with one attached hydrogen (secondary N) is 2. The molecule has 2 rings (SSSR count). The van der Waals surface area contributed by atoms with Gasteiger partial charge in [0.25, 0.3) is 0 Å². The molecular formula is C18H21N3O2S. The minimum absolute atomic E-state index is 0.424. The lowest BCUT2D eigenvalue weighted by Gasteiger charge is -2.11. The number of hydrazone groups is 1. The quantitative estimate of drug-likeness (QED) is 0.455. The third-order valence-electron chi connectivity index (χ3n) is 2.98. The van der Waals surface area contributed by atoms with Gasteiger partial charge in [0.1, 0.15) is 0 Å². The van der Waals surface area contributed by atoms with E-state index in [1.165, 1.54) is 0 Å². The number of nitrogens with zero attached hydrogens (tertiary/aromatic N) is 1. The number of benzene rings is 2. The van der Waals surface area contributed by atoms with Crippen molar-refractivity contribution in [2.24, 2.45) is 5.10 Å². The van der Waals surface area contributed by atoms with Crippen molar-refractivity contribution in [3.63, 3.8) is 0 Å². The Hall–Kier alpha value is -2.60. The highest BCUT2D eigenvalue weighted by Gasteiger charge is 2.05. The van der Waals surface area contributed by atoms with Crippen LogP contribution in [0.2, 0.25) is 0 Å². The van der Waals surface area contributed by atoms with Crippen LogP contribution in [0.15, 0.2) is 53.6 Å². The van der Waals surface area contributed by atoms with Gasteiger partial charge in [0.2, 0.25) is 0 Å². The second-order valence-electron chi connectivity index (χ2n) is 4.76. The first-order chi connectivity index (χ1) is 11.7. The highest BCUT2D eigenvalue weighted by Crippen LogP contribution is 2.27. The zero-order valence-corrected chi connectivity index (χ0v) is 14.6. The van der Waals surface area contributed by atoms with Crippen molar-refractivity contribution in [1.29, 1.82) is 0 Å². The van der Waals surface area contributed by atoms with E-state index in [2.05, 4.69) is 15.8 Å². The fraction of sp³-hybridized carbons (Fsp3) is 0.222. The Labute approximate surface area is 147 Å². The molecule has 0 spiro atoms. The molecule has 0 fully saturated rings. The van der Waals surface area contributed by atoms with Gasteiger partial charge in [-0.2, -0.15) is 5.10 Å². The van der Waals surface area contributed by atoms with Crippen LogP contribution in [0.1, 0.15) is 19.4 Å². The summed E-state index contributed by atoms with van der Waals surface area (Å²) in [6, 6.07) is 15.3. The van der Waals surface area contributed by atoms with Crippen molar-refractivity contribution >= 4 is 29.2 Å². The Kier molecular flexibility index (Phi) is 7.04. The number of hydrogen-bond donors (Lipinski definition) is 2. The maximum Gasteiger partial charge on any atom is 0.191 e. The Balaban J connectivity index is 1.95. The van der Waals surface area contributed by atoms with Crippen molar-refractivity contribution in [3.05, 3.63) is 54.1 Å². The zero-order chi connectivity index (χ0) is 17.2. The molecule has 24 heavy (non-hydrogen) atoms. The minimum Gasteiger partial charge on any atom is -0.490 e. The fourth-order valence-electron chi connectivity index (χ4n) is 1.99. The van der Waals surface area contributed by atoms with Crippen LogP contribution in [-0.2, 0) is 0 Å². The van der Waals surface area contributed by atoms with Crippen LogP contribution >= 0.6 is 12.2 Å². The average molecular weight is 343 g/mol. The van der Waals surface area contributed by atoms with Crippen LogP contribution in [0.5, 0.6) is 11.5 Å². The first kappa shape index (κ1) is 17.7. The molecule has 2 aromatic rings. The summed E-state index contributed by atoms with van der Waals surface area (Å²) in [5.74, 6) is 1.43. The zero-order valence-electron chi connectivity index (χ0n) is 13.8. The second kappa shape index (κ2) is 9.52. The predicted octanol–water partition coefficient (Wildman–Crippen LogP) is 3.80. The molecule has 0 amide bonds. The minimum atomic E-state index is 0.424. The smallest absolute Gasteiger partial charge is 0.191 e. The van der Waals surface area contributed by atoms with Crippen molar-refractivity contribution in [2.45, 2.75) is 13.8 Å². The predicted molar refractivity (Wildman–Crippen MR) is 102 cm³/mol. The molecule has 126 valence electrons. The molecule has 0 aliphatic carbocycles. The molecule has 2 aromatic carbocycles. The highest BCUT2D eigenvalue weighted by atomic mass is 32.1.